The summed E-state index contributed by atoms with van der Waals surface area (Å²) in [5, 5.41) is 3.99. The maximum absolute atomic E-state index is 12.2. The van der Waals surface area contributed by atoms with Crippen LogP contribution in [0.3, 0.4) is 0 Å². The summed E-state index contributed by atoms with van der Waals surface area (Å²) >= 11 is 3.38. The lowest BCUT2D eigenvalue weighted by Crippen LogP contribution is -2.12. The molecule has 26 heavy (non-hydrogen) atoms. The molecule has 1 heterocycles. The molecule has 1 aromatic heterocycles. The minimum atomic E-state index is 0.0444. The topological polar surface area (TPSA) is 42.0 Å². The van der Waals surface area contributed by atoms with Gasteiger partial charge in [-0.25, -0.2) is 4.98 Å². The molecular formula is C21H20N2OS2. The molecule has 132 valence electrons. The number of hydrogen-bond donors (Lipinski definition) is 1. The van der Waals surface area contributed by atoms with E-state index in [-0.39, 0.29) is 5.91 Å². The van der Waals surface area contributed by atoms with Crippen LogP contribution in [0.25, 0.3) is 0 Å². The second kappa shape index (κ2) is 10.0. The van der Waals surface area contributed by atoms with Crippen molar-refractivity contribution in [2.24, 2.45) is 0 Å². The van der Waals surface area contributed by atoms with E-state index >= 15 is 0 Å². The second-order valence-corrected chi connectivity index (χ2v) is 7.78. The van der Waals surface area contributed by atoms with Crippen molar-refractivity contribution in [1.29, 1.82) is 0 Å². The van der Waals surface area contributed by atoms with Crippen LogP contribution in [0.1, 0.15) is 12.0 Å². The van der Waals surface area contributed by atoms with Crippen molar-refractivity contribution in [3.05, 3.63) is 84.6 Å². The van der Waals surface area contributed by atoms with Gasteiger partial charge in [0.2, 0.25) is 5.91 Å². The zero-order valence-electron chi connectivity index (χ0n) is 14.3. The molecule has 0 atom stereocenters. The van der Waals surface area contributed by atoms with E-state index in [0.29, 0.717) is 6.42 Å². The SMILES string of the molecule is O=C(CCSc1ccccc1)Nc1cccc(CSc2ccccn2)c1. The van der Waals surface area contributed by atoms with Crippen LogP contribution in [-0.4, -0.2) is 16.6 Å². The standard InChI is InChI=1S/C21H20N2OS2/c24-20(12-14-25-19-9-2-1-3-10-19)23-18-8-6-7-17(15-18)16-26-21-11-4-5-13-22-21/h1-11,13,15H,12,14,16H2,(H,23,24). The van der Waals surface area contributed by atoms with Crippen molar-refractivity contribution < 1.29 is 4.79 Å². The van der Waals surface area contributed by atoms with Crippen LogP contribution < -0.4 is 5.32 Å². The van der Waals surface area contributed by atoms with Gasteiger partial charge in [-0.05, 0) is 42.0 Å². The van der Waals surface area contributed by atoms with Gasteiger partial charge >= 0.3 is 0 Å². The average molecular weight is 381 g/mol. The Morgan fingerprint density at radius 1 is 0.923 bits per heavy atom. The minimum Gasteiger partial charge on any atom is -0.326 e. The van der Waals surface area contributed by atoms with Crippen molar-refractivity contribution in [3.63, 3.8) is 0 Å². The van der Waals surface area contributed by atoms with Gasteiger partial charge in [-0.2, -0.15) is 0 Å². The summed E-state index contributed by atoms with van der Waals surface area (Å²) in [6.45, 7) is 0. The first-order valence-electron chi connectivity index (χ1n) is 8.40. The van der Waals surface area contributed by atoms with Crippen molar-refractivity contribution in [2.75, 3.05) is 11.1 Å². The summed E-state index contributed by atoms with van der Waals surface area (Å²) < 4.78 is 0. The number of rotatable bonds is 8. The quantitative estimate of drug-likeness (QED) is 0.524. The third kappa shape index (κ3) is 6.24. The fraction of sp³-hybridized carbons (Fsp3) is 0.143. The summed E-state index contributed by atoms with van der Waals surface area (Å²) in [6.07, 6.45) is 2.29. The molecule has 0 unspecified atom stereocenters. The summed E-state index contributed by atoms with van der Waals surface area (Å²) in [4.78, 5) is 17.7. The predicted octanol–water partition coefficient (Wildman–Crippen LogP) is 5.49. The fourth-order valence-corrected chi connectivity index (χ4v) is 4.01. The number of carbonyl (C=O) groups is 1. The predicted molar refractivity (Wildman–Crippen MR) is 111 cm³/mol. The van der Waals surface area contributed by atoms with Crippen molar-refractivity contribution in [3.8, 4) is 0 Å². The third-order valence-corrected chi connectivity index (χ3v) is 5.60. The summed E-state index contributed by atoms with van der Waals surface area (Å²) in [5.41, 5.74) is 2.01. The zero-order valence-corrected chi connectivity index (χ0v) is 15.9. The number of pyridine rings is 1. The zero-order chi connectivity index (χ0) is 18.0. The van der Waals surface area contributed by atoms with Gasteiger partial charge in [-0.3, -0.25) is 4.79 Å². The van der Waals surface area contributed by atoms with Gasteiger partial charge in [0.05, 0.1) is 5.03 Å². The lowest BCUT2D eigenvalue weighted by atomic mass is 10.2. The lowest BCUT2D eigenvalue weighted by Gasteiger charge is -2.08. The Morgan fingerprint density at radius 3 is 2.58 bits per heavy atom. The van der Waals surface area contributed by atoms with E-state index in [4.69, 9.17) is 0 Å². The van der Waals surface area contributed by atoms with Gasteiger partial charge in [0.1, 0.15) is 0 Å². The molecule has 0 saturated carbocycles. The molecule has 0 spiro atoms. The van der Waals surface area contributed by atoms with Crippen LogP contribution in [0.15, 0.2) is 88.9 Å². The molecule has 3 rings (SSSR count). The van der Waals surface area contributed by atoms with Crippen LogP contribution in [-0.2, 0) is 10.5 Å². The first-order valence-corrected chi connectivity index (χ1v) is 10.4. The molecule has 0 aliphatic carbocycles. The molecule has 0 saturated heterocycles. The Balaban J connectivity index is 1.46. The number of thioether (sulfide) groups is 2. The Hall–Kier alpha value is -2.24. The van der Waals surface area contributed by atoms with E-state index in [0.717, 1.165) is 27.8 Å². The van der Waals surface area contributed by atoms with Crippen LogP contribution in [0.2, 0.25) is 0 Å². The van der Waals surface area contributed by atoms with Crippen LogP contribution in [0.4, 0.5) is 5.69 Å². The fourth-order valence-electron chi connectivity index (χ4n) is 2.33. The maximum Gasteiger partial charge on any atom is 0.225 e. The Bertz CT molecular complexity index is 826. The molecule has 2 aromatic carbocycles. The van der Waals surface area contributed by atoms with Crippen molar-refractivity contribution in [1.82, 2.24) is 4.98 Å². The molecule has 5 heteroatoms. The van der Waals surface area contributed by atoms with Gasteiger partial charge in [-0.15, -0.1) is 23.5 Å². The van der Waals surface area contributed by atoms with E-state index in [1.165, 1.54) is 4.90 Å². The van der Waals surface area contributed by atoms with E-state index in [1.54, 1.807) is 29.7 Å². The summed E-state index contributed by atoms with van der Waals surface area (Å²) in [5.74, 6) is 1.64. The number of aromatic nitrogens is 1. The molecular weight excluding hydrogens is 360 g/mol. The average Bonchev–Trinajstić information content (AvgIpc) is 2.68. The number of amides is 1. The number of nitrogens with zero attached hydrogens (tertiary/aromatic N) is 1. The van der Waals surface area contributed by atoms with Crippen molar-refractivity contribution >= 4 is 35.1 Å². The summed E-state index contributed by atoms with van der Waals surface area (Å²) in [6, 6.07) is 24.0. The highest BCUT2D eigenvalue weighted by molar-refractivity contribution is 7.99. The van der Waals surface area contributed by atoms with E-state index in [9.17, 15) is 4.79 Å². The molecule has 1 amide bonds. The van der Waals surface area contributed by atoms with Gasteiger partial charge in [0, 0.05) is 34.7 Å². The van der Waals surface area contributed by atoms with E-state index < -0.39 is 0 Å². The highest BCUT2D eigenvalue weighted by atomic mass is 32.2. The number of benzene rings is 2. The second-order valence-electron chi connectivity index (χ2n) is 5.62. The first kappa shape index (κ1) is 18.5. The van der Waals surface area contributed by atoms with Gasteiger partial charge < -0.3 is 5.32 Å². The van der Waals surface area contributed by atoms with Gasteiger partial charge in [-0.1, -0.05) is 36.4 Å². The van der Waals surface area contributed by atoms with Gasteiger partial charge in [0.25, 0.3) is 0 Å². The van der Waals surface area contributed by atoms with E-state index in [2.05, 4.69) is 28.5 Å². The number of hydrogen-bond acceptors (Lipinski definition) is 4. The molecule has 1 N–H and O–H groups in total. The minimum absolute atomic E-state index is 0.0444. The molecule has 0 fully saturated rings. The molecule has 3 nitrogen and oxygen atoms in total. The monoisotopic (exact) mass is 380 g/mol. The maximum atomic E-state index is 12.2. The highest BCUT2D eigenvalue weighted by Gasteiger charge is 2.04. The largest absolute Gasteiger partial charge is 0.326 e. The van der Waals surface area contributed by atoms with E-state index in [1.807, 2.05) is 54.6 Å². The molecule has 0 radical (unpaired) electrons. The first-order chi connectivity index (χ1) is 12.8. The normalized spacial score (nSPS) is 10.5. The Kier molecular flexibility index (Phi) is 7.16. The molecule has 0 bridgehead atoms. The summed E-state index contributed by atoms with van der Waals surface area (Å²) in [7, 11) is 0. The van der Waals surface area contributed by atoms with Crippen LogP contribution in [0, 0.1) is 0 Å². The van der Waals surface area contributed by atoms with Gasteiger partial charge in [0.15, 0.2) is 0 Å². The molecule has 0 aliphatic rings. The number of carbonyl (C=O) groups excluding carboxylic acids is 1. The Morgan fingerprint density at radius 2 is 1.77 bits per heavy atom. The smallest absolute Gasteiger partial charge is 0.225 e. The third-order valence-electron chi connectivity index (χ3n) is 3.58. The lowest BCUT2D eigenvalue weighted by molar-refractivity contribution is -0.115. The van der Waals surface area contributed by atoms with Crippen molar-refractivity contribution in [2.45, 2.75) is 22.1 Å². The molecule has 0 aliphatic heterocycles. The van der Waals surface area contributed by atoms with Crippen LogP contribution >= 0.6 is 23.5 Å². The Labute approximate surface area is 162 Å². The molecule has 3 aromatic rings. The van der Waals surface area contributed by atoms with Crippen LogP contribution in [0.5, 0.6) is 0 Å². The number of nitrogens with one attached hydrogen (secondary N) is 1. The highest BCUT2D eigenvalue weighted by Crippen LogP contribution is 2.22. The number of anilines is 1.